The maximum absolute atomic E-state index is 11.7. The SMILES string of the molecule is CCCC(=O)CC(C)Cc1cc(CC)ccc1CC. The summed E-state index contributed by atoms with van der Waals surface area (Å²) in [6.07, 6.45) is 5.63. The highest BCUT2D eigenvalue weighted by atomic mass is 16.1. The van der Waals surface area contributed by atoms with Gasteiger partial charge in [0.05, 0.1) is 0 Å². The van der Waals surface area contributed by atoms with Crippen molar-refractivity contribution in [1.82, 2.24) is 0 Å². The molecule has 0 aliphatic carbocycles. The van der Waals surface area contributed by atoms with Crippen molar-refractivity contribution in [3.8, 4) is 0 Å². The van der Waals surface area contributed by atoms with E-state index >= 15 is 0 Å². The largest absolute Gasteiger partial charge is 0.300 e. The molecule has 0 spiro atoms. The van der Waals surface area contributed by atoms with E-state index in [2.05, 4.69) is 45.9 Å². The molecule has 1 aromatic carbocycles. The van der Waals surface area contributed by atoms with E-state index in [9.17, 15) is 4.79 Å². The van der Waals surface area contributed by atoms with Crippen LogP contribution in [0.25, 0.3) is 0 Å². The summed E-state index contributed by atoms with van der Waals surface area (Å²) in [5, 5.41) is 0. The van der Waals surface area contributed by atoms with E-state index in [1.165, 1.54) is 16.7 Å². The first-order chi connectivity index (χ1) is 9.10. The Labute approximate surface area is 118 Å². The summed E-state index contributed by atoms with van der Waals surface area (Å²) in [5.41, 5.74) is 4.28. The zero-order chi connectivity index (χ0) is 14.3. The minimum Gasteiger partial charge on any atom is -0.300 e. The third-order valence-corrected chi connectivity index (χ3v) is 3.73. The second-order valence-electron chi connectivity index (χ2n) is 5.61. The molecule has 0 aliphatic heterocycles. The molecule has 0 bridgehead atoms. The first kappa shape index (κ1) is 15.9. The Morgan fingerprint density at radius 2 is 1.84 bits per heavy atom. The van der Waals surface area contributed by atoms with Gasteiger partial charge in [0.15, 0.2) is 0 Å². The molecule has 0 N–H and O–H groups in total. The van der Waals surface area contributed by atoms with E-state index in [4.69, 9.17) is 0 Å². The predicted molar refractivity (Wildman–Crippen MR) is 82.6 cm³/mol. The second kappa shape index (κ2) is 8.14. The maximum atomic E-state index is 11.7. The van der Waals surface area contributed by atoms with Crippen molar-refractivity contribution in [2.75, 3.05) is 0 Å². The highest BCUT2D eigenvalue weighted by molar-refractivity contribution is 5.78. The molecule has 1 rings (SSSR count). The van der Waals surface area contributed by atoms with Crippen molar-refractivity contribution in [3.05, 3.63) is 34.9 Å². The van der Waals surface area contributed by atoms with Gasteiger partial charge in [-0.15, -0.1) is 0 Å². The standard InChI is InChI=1S/C18H28O/c1-5-8-18(19)12-14(4)11-17-13-15(6-2)9-10-16(17)7-3/h9-10,13-14H,5-8,11-12H2,1-4H3. The lowest BCUT2D eigenvalue weighted by atomic mass is 9.90. The number of carbonyl (C=O) groups is 1. The van der Waals surface area contributed by atoms with Crippen molar-refractivity contribution in [3.63, 3.8) is 0 Å². The van der Waals surface area contributed by atoms with Crippen LogP contribution in [0.1, 0.15) is 63.6 Å². The van der Waals surface area contributed by atoms with Gasteiger partial charge in [0, 0.05) is 12.8 Å². The van der Waals surface area contributed by atoms with E-state index in [1.54, 1.807) is 0 Å². The van der Waals surface area contributed by atoms with Crippen LogP contribution in [0.3, 0.4) is 0 Å². The van der Waals surface area contributed by atoms with Crippen LogP contribution >= 0.6 is 0 Å². The lowest BCUT2D eigenvalue weighted by Crippen LogP contribution is -2.09. The Bertz CT molecular complexity index is 406. The molecular formula is C18H28O. The number of ketones is 1. The van der Waals surface area contributed by atoms with E-state index in [0.717, 1.165) is 38.5 Å². The predicted octanol–water partition coefficient (Wildman–Crippen LogP) is 4.75. The molecule has 0 amide bonds. The molecule has 1 heteroatoms. The average Bonchev–Trinajstić information content (AvgIpc) is 2.38. The summed E-state index contributed by atoms with van der Waals surface area (Å²) in [5.74, 6) is 0.871. The van der Waals surface area contributed by atoms with Crippen LogP contribution in [-0.2, 0) is 24.1 Å². The van der Waals surface area contributed by atoms with Crippen LogP contribution in [-0.4, -0.2) is 5.78 Å². The molecule has 1 aromatic rings. The highest BCUT2D eigenvalue weighted by Gasteiger charge is 2.11. The van der Waals surface area contributed by atoms with Crippen LogP contribution in [0.15, 0.2) is 18.2 Å². The molecule has 0 aliphatic rings. The van der Waals surface area contributed by atoms with Crippen LogP contribution in [0, 0.1) is 5.92 Å². The van der Waals surface area contributed by atoms with Gasteiger partial charge in [0.25, 0.3) is 0 Å². The van der Waals surface area contributed by atoms with Crippen molar-refractivity contribution in [2.45, 2.75) is 66.2 Å². The molecule has 0 fully saturated rings. The Balaban J connectivity index is 2.71. The molecule has 1 nitrogen and oxygen atoms in total. The molecule has 0 aromatic heterocycles. The monoisotopic (exact) mass is 260 g/mol. The summed E-state index contributed by atoms with van der Waals surface area (Å²) in [7, 11) is 0. The molecule has 0 saturated carbocycles. The number of hydrogen-bond acceptors (Lipinski definition) is 1. The number of rotatable bonds is 8. The minimum atomic E-state index is 0.416. The van der Waals surface area contributed by atoms with Gasteiger partial charge in [-0.3, -0.25) is 4.79 Å². The second-order valence-corrected chi connectivity index (χ2v) is 5.61. The Hall–Kier alpha value is -1.11. The Morgan fingerprint density at radius 1 is 1.11 bits per heavy atom. The topological polar surface area (TPSA) is 17.1 Å². The maximum Gasteiger partial charge on any atom is 0.133 e. The van der Waals surface area contributed by atoms with Gasteiger partial charge in [0.2, 0.25) is 0 Å². The van der Waals surface area contributed by atoms with Gasteiger partial charge in [-0.1, -0.05) is 45.9 Å². The molecule has 106 valence electrons. The number of hydrogen-bond donors (Lipinski definition) is 0. The fourth-order valence-electron chi connectivity index (χ4n) is 2.65. The van der Waals surface area contributed by atoms with Crippen molar-refractivity contribution in [2.24, 2.45) is 5.92 Å². The number of Topliss-reactive ketones (excluding diaryl/α,β-unsaturated/α-hetero) is 1. The molecule has 1 unspecified atom stereocenters. The summed E-state index contributed by atoms with van der Waals surface area (Å²) < 4.78 is 0. The number of aryl methyl sites for hydroxylation is 2. The van der Waals surface area contributed by atoms with Gasteiger partial charge in [-0.2, -0.15) is 0 Å². The first-order valence-electron chi connectivity index (χ1n) is 7.73. The van der Waals surface area contributed by atoms with E-state index in [0.29, 0.717) is 11.7 Å². The van der Waals surface area contributed by atoms with E-state index < -0.39 is 0 Å². The molecule has 0 saturated heterocycles. The Kier molecular flexibility index (Phi) is 6.83. The fraction of sp³-hybridized carbons (Fsp3) is 0.611. The third-order valence-electron chi connectivity index (χ3n) is 3.73. The van der Waals surface area contributed by atoms with Gasteiger partial charge in [-0.05, 0) is 48.3 Å². The highest BCUT2D eigenvalue weighted by Crippen LogP contribution is 2.20. The van der Waals surface area contributed by atoms with Gasteiger partial charge >= 0.3 is 0 Å². The van der Waals surface area contributed by atoms with Crippen LogP contribution in [0.2, 0.25) is 0 Å². The lowest BCUT2D eigenvalue weighted by Gasteiger charge is -2.15. The molecular weight excluding hydrogens is 232 g/mol. The van der Waals surface area contributed by atoms with Crippen molar-refractivity contribution < 1.29 is 4.79 Å². The Morgan fingerprint density at radius 3 is 2.42 bits per heavy atom. The molecule has 19 heavy (non-hydrogen) atoms. The quantitative estimate of drug-likeness (QED) is 0.659. The average molecular weight is 260 g/mol. The van der Waals surface area contributed by atoms with Gasteiger partial charge < -0.3 is 0 Å². The fourth-order valence-corrected chi connectivity index (χ4v) is 2.65. The van der Waals surface area contributed by atoms with Crippen LogP contribution in [0.5, 0.6) is 0 Å². The molecule has 1 atom stereocenters. The summed E-state index contributed by atoms with van der Waals surface area (Å²) >= 11 is 0. The number of benzene rings is 1. The molecule has 0 radical (unpaired) electrons. The summed E-state index contributed by atoms with van der Waals surface area (Å²) in [4.78, 5) is 11.7. The number of carbonyl (C=O) groups excluding carboxylic acids is 1. The summed E-state index contributed by atoms with van der Waals surface area (Å²) in [6.45, 7) is 8.67. The zero-order valence-corrected chi connectivity index (χ0v) is 13.0. The first-order valence-corrected chi connectivity index (χ1v) is 7.73. The zero-order valence-electron chi connectivity index (χ0n) is 13.0. The van der Waals surface area contributed by atoms with Gasteiger partial charge in [0.1, 0.15) is 5.78 Å². The minimum absolute atomic E-state index is 0.416. The summed E-state index contributed by atoms with van der Waals surface area (Å²) in [6, 6.07) is 6.82. The van der Waals surface area contributed by atoms with E-state index in [1.807, 2.05) is 0 Å². The normalized spacial score (nSPS) is 12.4. The molecule has 0 heterocycles. The third kappa shape index (κ3) is 5.18. The smallest absolute Gasteiger partial charge is 0.133 e. The van der Waals surface area contributed by atoms with Crippen molar-refractivity contribution >= 4 is 5.78 Å². The van der Waals surface area contributed by atoms with E-state index in [-0.39, 0.29) is 0 Å². The van der Waals surface area contributed by atoms with Crippen molar-refractivity contribution in [1.29, 1.82) is 0 Å². The van der Waals surface area contributed by atoms with Gasteiger partial charge in [-0.25, -0.2) is 0 Å². The van der Waals surface area contributed by atoms with Crippen LogP contribution < -0.4 is 0 Å². The van der Waals surface area contributed by atoms with Crippen LogP contribution in [0.4, 0.5) is 0 Å². The lowest BCUT2D eigenvalue weighted by molar-refractivity contribution is -0.119.